The van der Waals surface area contributed by atoms with Crippen molar-refractivity contribution in [3.63, 3.8) is 0 Å². The molecule has 0 aliphatic carbocycles. The number of nitrogens with two attached hydrogens (primary N) is 1. The summed E-state index contributed by atoms with van der Waals surface area (Å²) in [6.45, 7) is 8.40. The van der Waals surface area contributed by atoms with Gasteiger partial charge < -0.3 is 20.3 Å². The van der Waals surface area contributed by atoms with Crippen molar-refractivity contribution in [3.05, 3.63) is 94.4 Å². The number of ether oxygens (including phenoxy) is 2. The number of aromatic nitrogens is 4. The van der Waals surface area contributed by atoms with Crippen LogP contribution in [-0.4, -0.2) is 37.5 Å². The highest BCUT2D eigenvalue weighted by molar-refractivity contribution is 7.23. The van der Waals surface area contributed by atoms with Gasteiger partial charge in [-0.1, -0.05) is 86.2 Å². The first-order valence-corrected chi connectivity index (χ1v) is 15.5. The Balaban J connectivity index is 1.40. The van der Waals surface area contributed by atoms with E-state index in [1.165, 1.54) is 9.80 Å². The third kappa shape index (κ3) is 5.58. The van der Waals surface area contributed by atoms with Gasteiger partial charge in [0.15, 0.2) is 4.96 Å². The number of imidazole rings is 1. The Kier molecular flexibility index (Phi) is 7.94. The van der Waals surface area contributed by atoms with Crippen LogP contribution in [0.2, 0.25) is 5.02 Å². The number of carbonyl (C=O) groups excluding carboxylic acids is 1. The van der Waals surface area contributed by atoms with Crippen molar-refractivity contribution in [3.8, 4) is 28.5 Å². The average molecular weight is 645 g/mol. The number of para-hydroxylation sites is 3. The van der Waals surface area contributed by atoms with Crippen LogP contribution in [0.25, 0.3) is 26.3 Å². The van der Waals surface area contributed by atoms with Gasteiger partial charge in [-0.15, -0.1) is 0 Å². The number of hydrogen-bond donors (Lipinski definition) is 2. The fourth-order valence-electron chi connectivity index (χ4n) is 5.38. The molecule has 45 heavy (non-hydrogen) atoms. The third-order valence-corrected chi connectivity index (χ3v) is 8.81. The maximum atomic E-state index is 12.9. The minimum atomic E-state index is -0.723. The second kappa shape index (κ2) is 11.7. The van der Waals surface area contributed by atoms with Crippen molar-refractivity contribution in [1.29, 1.82) is 0 Å². The second-order valence-electron chi connectivity index (χ2n) is 11.7. The standard InChI is InChI=1S/C33H33ClN6O4S/c1-19-10-8-15-26-27(19)40-24(18-43-5)30(36-32(40)45-26)44-25-14-7-6-11-20(25)16-38(31(35)42)39-17-22(29(37-39)33(2,3)4)21-12-9-13-23(34)28(21)41/h6-15,17,41H,16,18H2,1-5H3,(H2,35,42). The van der Waals surface area contributed by atoms with Crippen molar-refractivity contribution in [2.45, 2.75) is 46.3 Å². The van der Waals surface area contributed by atoms with Crippen LogP contribution in [0.15, 0.2) is 66.9 Å². The zero-order valence-corrected chi connectivity index (χ0v) is 27.1. The molecule has 3 aromatic heterocycles. The molecule has 6 rings (SSSR count). The minimum absolute atomic E-state index is 0.0433. The normalized spacial score (nSPS) is 11.9. The van der Waals surface area contributed by atoms with E-state index < -0.39 is 11.4 Å². The quantitative estimate of drug-likeness (QED) is 0.177. The van der Waals surface area contributed by atoms with E-state index in [2.05, 4.69) is 23.5 Å². The first kappa shape index (κ1) is 30.4. The Morgan fingerprint density at radius 2 is 1.84 bits per heavy atom. The molecule has 0 radical (unpaired) electrons. The molecule has 3 heterocycles. The van der Waals surface area contributed by atoms with E-state index >= 15 is 0 Å². The molecule has 0 spiro atoms. The summed E-state index contributed by atoms with van der Waals surface area (Å²) in [7, 11) is 1.64. The van der Waals surface area contributed by atoms with Crippen LogP contribution in [0.5, 0.6) is 17.4 Å². The number of hydrogen-bond acceptors (Lipinski definition) is 7. The molecule has 0 unspecified atom stereocenters. The lowest BCUT2D eigenvalue weighted by molar-refractivity contribution is 0.178. The van der Waals surface area contributed by atoms with E-state index in [-0.39, 0.29) is 23.9 Å². The lowest BCUT2D eigenvalue weighted by Gasteiger charge is -2.22. The van der Waals surface area contributed by atoms with Gasteiger partial charge in [0.05, 0.1) is 40.3 Å². The largest absolute Gasteiger partial charge is 0.506 e. The number of aryl methyl sites for hydroxylation is 1. The van der Waals surface area contributed by atoms with Gasteiger partial charge in [0.1, 0.15) is 17.2 Å². The predicted molar refractivity (Wildman–Crippen MR) is 177 cm³/mol. The van der Waals surface area contributed by atoms with Gasteiger partial charge in [-0.25, -0.2) is 9.80 Å². The topological polar surface area (TPSA) is 120 Å². The molecule has 6 aromatic rings. The summed E-state index contributed by atoms with van der Waals surface area (Å²) in [5, 5.41) is 17.1. The van der Waals surface area contributed by atoms with E-state index in [1.54, 1.807) is 42.8 Å². The van der Waals surface area contributed by atoms with E-state index in [1.807, 2.05) is 51.1 Å². The van der Waals surface area contributed by atoms with E-state index in [4.69, 9.17) is 36.9 Å². The molecule has 0 bridgehead atoms. The molecule has 0 aliphatic rings. The van der Waals surface area contributed by atoms with Crippen molar-refractivity contribution in [2.75, 3.05) is 12.1 Å². The summed E-state index contributed by atoms with van der Waals surface area (Å²) in [5.41, 5.74) is 10.9. The molecule has 0 fully saturated rings. The highest BCUT2D eigenvalue weighted by Crippen LogP contribution is 2.40. The number of rotatable bonds is 8. The van der Waals surface area contributed by atoms with E-state index in [9.17, 15) is 9.90 Å². The highest BCUT2D eigenvalue weighted by Gasteiger charge is 2.28. The Bertz CT molecular complexity index is 2060. The van der Waals surface area contributed by atoms with Gasteiger partial charge in [0.2, 0.25) is 5.88 Å². The number of benzene rings is 3. The Labute approximate surface area is 269 Å². The molecular weight excluding hydrogens is 612 g/mol. The molecule has 0 saturated carbocycles. The zero-order chi connectivity index (χ0) is 32.0. The maximum Gasteiger partial charge on any atom is 0.335 e. The van der Waals surface area contributed by atoms with Crippen LogP contribution < -0.4 is 15.5 Å². The molecule has 10 nitrogen and oxygen atoms in total. The number of fused-ring (bicyclic) bond motifs is 3. The number of urea groups is 1. The summed E-state index contributed by atoms with van der Waals surface area (Å²) in [6, 6.07) is 18.0. The van der Waals surface area contributed by atoms with E-state index in [0.29, 0.717) is 34.0 Å². The Morgan fingerprint density at radius 1 is 1.09 bits per heavy atom. The van der Waals surface area contributed by atoms with Crippen LogP contribution >= 0.6 is 22.9 Å². The van der Waals surface area contributed by atoms with Crippen molar-refractivity contribution < 1.29 is 19.4 Å². The van der Waals surface area contributed by atoms with Gasteiger partial charge in [-0.05, 0) is 30.7 Å². The molecule has 3 aromatic carbocycles. The molecule has 3 N–H and O–H groups in total. The van der Waals surface area contributed by atoms with Gasteiger partial charge in [0, 0.05) is 29.2 Å². The average Bonchev–Trinajstić information content (AvgIpc) is 3.67. The predicted octanol–water partition coefficient (Wildman–Crippen LogP) is 7.53. The van der Waals surface area contributed by atoms with E-state index in [0.717, 1.165) is 26.4 Å². The maximum absolute atomic E-state index is 12.9. The minimum Gasteiger partial charge on any atom is -0.506 e. The van der Waals surface area contributed by atoms with Crippen LogP contribution in [0.3, 0.4) is 0 Å². The number of methoxy groups -OCH3 is 1. The fraction of sp³-hybridized carbons (Fsp3) is 0.242. The lowest BCUT2D eigenvalue weighted by atomic mass is 9.87. The number of phenols is 1. The summed E-state index contributed by atoms with van der Waals surface area (Å²) < 4.78 is 15.2. The molecule has 0 aliphatic heterocycles. The Hall–Kier alpha value is -4.58. The van der Waals surface area contributed by atoms with Crippen molar-refractivity contribution in [2.24, 2.45) is 5.73 Å². The number of halogens is 1. The monoisotopic (exact) mass is 644 g/mol. The zero-order valence-electron chi connectivity index (χ0n) is 25.5. The SMILES string of the molecule is COCc1c(Oc2ccccc2CN(C(N)=O)n2cc(-c3cccc(Cl)c3O)c(C(C)(C)C)n2)nc2sc3cccc(C)c3n12. The number of aromatic hydroxyl groups is 1. The second-order valence-corrected chi connectivity index (χ2v) is 13.2. The van der Waals surface area contributed by atoms with Crippen LogP contribution in [0.4, 0.5) is 4.79 Å². The fourth-order valence-corrected chi connectivity index (χ4v) is 6.66. The van der Waals surface area contributed by atoms with Gasteiger partial charge in [-0.3, -0.25) is 4.40 Å². The molecular formula is C33H33ClN6O4S. The number of phenolic OH excluding ortho intramolecular Hbond substituents is 1. The molecule has 0 saturated heterocycles. The summed E-state index contributed by atoms with van der Waals surface area (Å²) in [4.78, 5) is 20.0. The molecule has 12 heteroatoms. The summed E-state index contributed by atoms with van der Waals surface area (Å²) in [6.07, 6.45) is 1.67. The van der Waals surface area contributed by atoms with Gasteiger partial charge in [0.25, 0.3) is 0 Å². The van der Waals surface area contributed by atoms with Crippen LogP contribution in [0, 0.1) is 6.92 Å². The van der Waals surface area contributed by atoms with Crippen LogP contribution in [-0.2, 0) is 23.3 Å². The molecule has 2 amide bonds. The lowest BCUT2D eigenvalue weighted by Crippen LogP contribution is -2.44. The summed E-state index contributed by atoms with van der Waals surface area (Å²) >= 11 is 7.82. The molecule has 232 valence electrons. The first-order valence-electron chi connectivity index (χ1n) is 14.3. The number of thiazole rings is 1. The first-order chi connectivity index (χ1) is 21.5. The number of nitrogens with zero attached hydrogens (tertiary/aromatic N) is 5. The number of carbonyl (C=O) groups is 1. The van der Waals surface area contributed by atoms with Gasteiger partial charge in [-0.2, -0.15) is 14.9 Å². The third-order valence-electron chi connectivity index (χ3n) is 7.50. The van der Waals surface area contributed by atoms with Crippen LogP contribution in [0.1, 0.15) is 43.3 Å². The number of primary amides is 1. The van der Waals surface area contributed by atoms with Crippen molar-refractivity contribution in [1.82, 2.24) is 19.3 Å². The van der Waals surface area contributed by atoms with Gasteiger partial charge >= 0.3 is 6.03 Å². The molecule has 0 atom stereocenters. The van der Waals surface area contributed by atoms with Crippen molar-refractivity contribution >= 4 is 44.1 Å². The Morgan fingerprint density at radius 3 is 2.58 bits per heavy atom. The number of amides is 2. The highest BCUT2D eigenvalue weighted by atomic mass is 35.5. The smallest absolute Gasteiger partial charge is 0.335 e. The summed E-state index contributed by atoms with van der Waals surface area (Å²) in [5.74, 6) is 0.853.